The van der Waals surface area contributed by atoms with E-state index in [9.17, 15) is 9.59 Å². The monoisotopic (exact) mass is 349 g/mol. The molecule has 0 aromatic heterocycles. The van der Waals surface area contributed by atoms with Crippen molar-refractivity contribution in [3.8, 4) is 0 Å². The maximum atomic E-state index is 12.2. The number of fused-ring (bicyclic) bond motifs is 1. The van der Waals surface area contributed by atoms with E-state index in [4.69, 9.17) is 23.2 Å². The van der Waals surface area contributed by atoms with Gasteiger partial charge in [0.25, 0.3) is 0 Å². The molecule has 0 bridgehead atoms. The molecule has 0 saturated carbocycles. The lowest BCUT2D eigenvalue weighted by molar-refractivity contribution is -0.122. The zero-order valence-electron chi connectivity index (χ0n) is 11.9. The molecule has 0 aliphatic carbocycles. The first-order chi connectivity index (χ1) is 11.0. The van der Waals surface area contributed by atoms with Crippen LogP contribution in [0.3, 0.4) is 0 Å². The third-order valence-corrected chi connectivity index (χ3v) is 3.97. The van der Waals surface area contributed by atoms with Gasteiger partial charge in [-0.05, 0) is 30.3 Å². The summed E-state index contributed by atoms with van der Waals surface area (Å²) in [5, 5.41) is 9.34. The lowest BCUT2D eigenvalue weighted by Crippen LogP contribution is -2.41. The van der Waals surface area contributed by atoms with Gasteiger partial charge >= 0.3 is 0 Å². The summed E-state index contributed by atoms with van der Waals surface area (Å²) in [7, 11) is 0. The Hall–Kier alpha value is -2.24. The number of rotatable bonds is 3. The fourth-order valence-corrected chi connectivity index (χ4v) is 2.77. The molecule has 1 aliphatic heterocycles. The summed E-state index contributed by atoms with van der Waals surface area (Å²) in [5.41, 5.74) is 1.95. The molecule has 3 rings (SSSR count). The first-order valence-corrected chi connectivity index (χ1v) is 7.70. The Bertz CT molecular complexity index is 780. The molecular formula is C16H13Cl2N3O2. The second-order valence-electron chi connectivity index (χ2n) is 5.11. The fourth-order valence-electron chi connectivity index (χ4n) is 2.31. The third-order valence-electron chi connectivity index (χ3n) is 3.43. The highest BCUT2D eigenvalue weighted by atomic mass is 35.5. The molecule has 1 heterocycles. The molecule has 2 amide bonds. The van der Waals surface area contributed by atoms with E-state index in [2.05, 4.69) is 16.0 Å². The molecule has 5 nitrogen and oxygen atoms in total. The zero-order chi connectivity index (χ0) is 16.4. The molecule has 2 aromatic rings. The van der Waals surface area contributed by atoms with Crippen molar-refractivity contribution in [3.05, 3.63) is 52.5 Å². The van der Waals surface area contributed by atoms with Crippen LogP contribution in [0.4, 0.5) is 17.1 Å². The van der Waals surface area contributed by atoms with Crippen molar-refractivity contribution in [2.24, 2.45) is 0 Å². The first kappa shape index (κ1) is 15.6. The van der Waals surface area contributed by atoms with Gasteiger partial charge in [0, 0.05) is 5.02 Å². The number of hydrogen-bond donors (Lipinski definition) is 3. The Morgan fingerprint density at radius 1 is 1.13 bits per heavy atom. The highest BCUT2D eigenvalue weighted by molar-refractivity contribution is 6.36. The van der Waals surface area contributed by atoms with Gasteiger partial charge in [0.2, 0.25) is 11.8 Å². The van der Waals surface area contributed by atoms with Crippen LogP contribution >= 0.6 is 23.2 Å². The van der Waals surface area contributed by atoms with Crippen molar-refractivity contribution in [2.45, 2.75) is 12.5 Å². The van der Waals surface area contributed by atoms with Gasteiger partial charge in [-0.25, -0.2) is 0 Å². The molecule has 0 spiro atoms. The highest BCUT2D eigenvalue weighted by Gasteiger charge is 2.27. The van der Waals surface area contributed by atoms with Crippen molar-refractivity contribution in [1.29, 1.82) is 0 Å². The van der Waals surface area contributed by atoms with Gasteiger partial charge in [0.05, 0.1) is 28.5 Å². The minimum absolute atomic E-state index is 0.0148. The average Bonchev–Trinajstić information content (AvgIpc) is 2.51. The van der Waals surface area contributed by atoms with E-state index < -0.39 is 6.04 Å². The third kappa shape index (κ3) is 3.57. The molecular weight excluding hydrogens is 337 g/mol. The molecule has 1 aliphatic rings. The SMILES string of the molecule is O=C(CC1Nc2ccccc2NC1=O)Nc1ccc(Cl)cc1Cl. The van der Waals surface area contributed by atoms with Crippen LogP contribution in [-0.2, 0) is 9.59 Å². The minimum atomic E-state index is -0.643. The van der Waals surface area contributed by atoms with Gasteiger partial charge in [0.1, 0.15) is 6.04 Å². The number of hydrogen-bond acceptors (Lipinski definition) is 3. The van der Waals surface area contributed by atoms with Crippen molar-refractivity contribution in [2.75, 3.05) is 16.0 Å². The Kier molecular flexibility index (Phi) is 4.41. The zero-order valence-corrected chi connectivity index (χ0v) is 13.4. The van der Waals surface area contributed by atoms with E-state index in [0.717, 1.165) is 5.69 Å². The summed E-state index contributed by atoms with van der Waals surface area (Å²) >= 11 is 11.8. The smallest absolute Gasteiger partial charge is 0.247 e. The summed E-state index contributed by atoms with van der Waals surface area (Å²) in [6.07, 6.45) is -0.0148. The second kappa shape index (κ2) is 6.48. The fraction of sp³-hybridized carbons (Fsp3) is 0.125. The molecule has 7 heteroatoms. The van der Waals surface area contributed by atoms with Crippen LogP contribution in [0.15, 0.2) is 42.5 Å². The van der Waals surface area contributed by atoms with Crippen LogP contribution in [0, 0.1) is 0 Å². The molecule has 1 atom stereocenters. The van der Waals surface area contributed by atoms with Crippen LogP contribution in [-0.4, -0.2) is 17.9 Å². The standard InChI is InChI=1S/C16H13Cl2N3O2/c17-9-5-6-11(10(18)7-9)20-15(22)8-14-16(23)21-13-4-2-1-3-12(13)19-14/h1-7,14,19H,8H2,(H,20,22)(H,21,23). The molecule has 2 aromatic carbocycles. The molecule has 0 radical (unpaired) electrons. The maximum Gasteiger partial charge on any atom is 0.247 e. The summed E-state index contributed by atoms with van der Waals surface area (Å²) < 4.78 is 0. The van der Waals surface area contributed by atoms with Crippen LogP contribution in [0.2, 0.25) is 10.0 Å². The van der Waals surface area contributed by atoms with E-state index in [1.54, 1.807) is 24.3 Å². The largest absolute Gasteiger partial charge is 0.372 e. The average molecular weight is 350 g/mol. The number of amides is 2. The van der Waals surface area contributed by atoms with Gasteiger partial charge < -0.3 is 16.0 Å². The Morgan fingerprint density at radius 2 is 1.87 bits per heavy atom. The van der Waals surface area contributed by atoms with Gasteiger partial charge in [-0.3, -0.25) is 9.59 Å². The lowest BCUT2D eigenvalue weighted by atomic mass is 10.1. The number of carbonyl (C=O) groups is 2. The van der Waals surface area contributed by atoms with Crippen LogP contribution in [0.1, 0.15) is 6.42 Å². The van der Waals surface area contributed by atoms with Gasteiger partial charge in [-0.1, -0.05) is 35.3 Å². The van der Waals surface area contributed by atoms with Crippen molar-refractivity contribution in [3.63, 3.8) is 0 Å². The van der Waals surface area contributed by atoms with E-state index >= 15 is 0 Å². The van der Waals surface area contributed by atoms with E-state index in [0.29, 0.717) is 21.4 Å². The number of nitrogens with one attached hydrogen (secondary N) is 3. The van der Waals surface area contributed by atoms with Crippen molar-refractivity contribution in [1.82, 2.24) is 0 Å². The summed E-state index contributed by atoms with van der Waals surface area (Å²) in [6.45, 7) is 0. The van der Waals surface area contributed by atoms with Crippen LogP contribution in [0.5, 0.6) is 0 Å². The van der Waals surface area contributed by atoms with E-state index in [1.807, 2.05) is 18.2 Å². The summed E-state index contributed by atoms with van der Waals surface area (Å²) in [5.74, 6) is -0.567. The first-order valence-electron chi connectivity index (χ1n) is 6.94. The second-order valence-corrected chi connectivity index (χ2v) is 5.95. The van der Waals surface area contributed by atoms with Gasteiger partial charge in [-0.15, -0.1) is 0 Å². The molecule has 0 fully saturated rings. The van der Waals surface area contributed by atoms with Gasteiger partial charge in [0.15, 0.2) is 0 Å². The number of carbonyl (C=O) groups excluding carboxylic acids is 2. The normalized spacial score (nSPS) is 16.1. The molecule has 118 valence electrons. The lowest BCUT2D eigenvalue weighted by Gasteiger charge is -2.26. The van der Waals surface area contributed by atoms with Crippen LogP contribution < -0.4 is 16.0 Å². The van der Waals surface area contributed by atoms with Crippen molar-refractivity contribution < 1.29 is 9.59 Å². The van der Waals surface area contributed by atoms with E-state index in [1.165, 1.54) is 0 Å². The molecule has 23 heavy (non-hydrogen) atoms. The predicted octanol–water partition coefficient (Wildman–Crippen LogP) is 3.75. The topological polar surface area (TPSA) is 70.2 Å². The quantitative estimate of drug-likeness (QED) is 0.790. The van der Waals surface area contributed by atoms with Crippen LogP contribution in [0.25, 0.3) is 0 Å². The van der Waals surface area contributed by atoms with Crippen molar-refractivity contribution >= 4 is 52.1 Å². The predicted molar refractivity (Wildman–Crippen MR) is 92.2 cm³/mol. The molecule has 0 saturated heterocycles. The summed E-state index contributed by atoms with van der Waals surface area (Å²) in [6, 6.07) is 11.5. The van der Waals surface area contributed by atoms with Gasteiger partial charge in [-0.2, -0.15) is 0 Å². The number of para-hydroxylation sites is 2. The number of benzene rings is 2. The molecule has 1 unspecified atom stereocenters. The maximum absolute atomic E-state index is 12.2. The molecule has 3 N–H and O–H groups in total. The minimum Gasteiger partial charge on any atom is -0.372 e. The number of anilines is 3. The Morgan fingerprint density at radius 3 is 2.61 bits per heavy atom. The summed E-state index contributed by atoms with van der Waals surface area (Å²) in [4.78, 5) is 24.2. The Labute approximate surface area is 143 Å². The number of halogens is 2. The Balaban J connectivity index is 1.67. The highest BCUT2D eigenvalue weighted by Crippen LogP contribution is 2.28. The van der Waals surface area contributed by atoms with E-state index in [-0.39, 0.29) is 18.2 Å².